The molecule has 2 atom stereocenters. The highest BCUT2D eigenvalue weighted by Gasteiger charge is 2.15. The normalized spacial score (nSPS) is 12.8. The van der Waals surface area contributed by atoms with Crippen LogP contribution in [0.3, 0.4) is 0 Å². The minimum Gasteiger partial charge on any atom is -0.396 e. The van der Waals surface area contributed by atoms with Crippen molar-refractivity contribution in [3.63, 3.8) is 0 Å². The maximum absolute atomic E-state index is 9.63. The highest BCUT2D eigenvalue weighted by atomic mass is 16.3. The van der Waals surface area contributed by atoms with Gasteiger partial charge < -0.3 is 15.1 Å². The van der Waals surface area contributed by atoms with Crippen LogP contribution in [0.5, 0.6) is 0 Å². The third-order valence-electron chi connectivity index (χ3n) is 7.05. The molecule has 4 aromatic carbocycles. The van der Waals surface area contributed by atoms with Crippen LogP contribution in [0.1, 0.15) is 53.0 Å². The quantitative estimate of drug-likeness (QED) is 0.242. The molecule has 0 aliphatic heterocycles. The van der Waals surface area contributed by atoms with Gasteiger partial charge in [0, 0.05) is 31.3 Å². The zero-order chi connectivity index (χ0) is 25.2. The van der Waals surface area contributed by atoms with Gasteiger partial charge in [-0.3, -0.25) is 0 Å². The standard InChI is InChI=1S/C33H37NO2/c1-26(29-12-14-31(15-13-29)32(20-22-35)24-27-8-4-2-5-9-27)30-16-18-33(19-17-30)34(21-23-36)25-28-10-6-3-7-11-28/h2-19,26,32,35-36H,20-25H2,1H3. The van der Waals surface area contributed by atoms with Crippen LogP contribution in [0.15, 0.2) is 109 Å². The zero-order valence-corrected chi connectivity index (χ0v) is 21.1. The molecular weight excluding hydrogens is 442 g/mol. The first-order chi connectivity index (χ1) is 17.7. The van der Waals surface area contributed by atoms with Crippen molar-refractivity contribution in [3.8, 4) is 0 Å². The van der Waals surface area contributed by atoms with Crippen molar-refractivity contribution >= 4 is 5.69 Å². The van der Waals surface area contributed by atoms with Crippen molar-refractivity contribution in [1.29, 1.82) is 0 Å². The highest BCUT2D eigenvalue weighted by molar-refractivity contribution is 5.50. The van der Waals surface area contributed by atoms with E-state index < -0.39 is 0 Å². The summed E-state index contributed by atoms with van der Waals surface area (Å²) < 4.78 is 0. The average molecular weight is 480 g/mol. The first-order valence-corrected chi connectivity index (χ1v) is 12.9. The highest BCUT2D eigenvalue weighted by Crippen LogP contribution is 2.30. The predicted octanol–water partition coefficient (Wildman–Crippen LogP) is 6.55. The Bertz CT molecular complexity index is 1060. The van der Waals surface area contributed by atoms with Crippen LogP contribution in [-0.2, 0) is 13.0 Å². The van der Waals surface area contributed by atoms with E-state index in [-0.39, 0.29) is 19.1 Å². The number of hydrogen-bond donors (Lipinski definition) is 2. The van der Waals surface area contributed by atoms with Crippen molar-refractivity contribution < 1.29 is 10.2 Å². The first kappa shape index (κ1) is 25.7. The second-order valence-corrected chi connectivity index (χ2v) is 9.51. The lowest BCUT2D eigenvalue weighted by molar-refractivity contribution is 0.275. The minimum atomic E-state index is 0.124. The molecule has 0 aromatic heterocycles. The second-order valence-electron chi connectivity index (χ2n) is 9.51. The molecule has 2 unspecified atom stereocenters. The van der Waals surface area contributed by atoms with E-state index >= 15 is 0 Å². The summed E-state index contributed by atoms with van der Waals surface area (Å²) >= 11 is 0. The van der Waals surface area contributed by atoms with Gasteiger partial charge in [0.2, 0.25) is 0 Å². The maximum Gasteiger partial charge on any atom is 0.0606 e. The van der Waals surface area contributed by atoms with E-state index in [1.54, 1.807) is 0 Å². The summed E-state index contributed by atoms with van der Waals surface area (Å²) in [4.78, 5) is 2.21. The molecule has 186 valence electrons. The molecule has 0 heterocycles. The van der Waals surface area contributed by atoms with E-state index in [1.807, 2.05) is 12.1 Å². The Morgan fingerprint density at radius 1 is 0.611 bits per heavy atom. The van der Waals surface area contributed by atoms with Gasteiger partial charge in [0.05, 0.1) is 6.61 Å². The molecule has 0 saturated heterocycles. The van der Waals surface area contributed by atoms with Gasteiger partial charge in [-0.15, -0.1) is 0 Å². The van der Waals surface area contributed by atoms with E-state index in [1.165, 1.54) is 27.8 Å². The topological polar surface area (TPSA) is 43.7 Å². The van der Waals surface area contributed by atoms with Gasteiger partial charge in [-0.25, -0.2) is 0 Å². The maximum atomic E-state index is 9.63. The van der Waals surface area contributed by atoms with E-state index in [4.69, 9.17) is 0 Å². The number of benzene rings is 4. The minimum absolute atomic E-state index is 0.124. The summed E-state index contributed by atoms with van der Waals surface area (Å²) in [6, 6.07) is 38.5. The number of aliphatic hydroxyl groups excluding tert-OH is 2. The smallest absolute Gasteiger partial charge is 0.0606 e. The Labute approximate surface area is 215 Å². The van der Waals surface area contributed by atoms with Crippen molar-refractivity contribution in [1.82, 2.24) is 0 Å². The molecule has 0 amide bonds. The van der Waals surface area contributed by atoms with Gasteiger partial charge in [0.15, 0.2) is 0 Å². The van der Waals surface area contributed by atoms with E-state index in [0.29, 0.717) is 12.5 Å². The summed E-state index contributed by atoms with van der Waals surface area (Å²) in [6.07, 6.45) is 1.70. The van der Waals surface area contributed by atoms with Crippen LogP contribution < -0.4 is 4.90 Å². The molecule has 0 fully saturated rings. The Morgan fingerprint density at radius 2 is 1.14 bits per heavy atom. The van der Waals surface area contributed by atoms with Gasteiger partial charge in [-0.2, -0.15) is 0 Å². The number of hydrogen-bond acceptors (Lipinski definition) is 3. The molecule has 0 radical (unpaired) electrons. The molecular formula is C33H37NO2. The van der Waals surface area contributed by atoms with Gasteiger partial charge >= 0.3 is 0 Å². The molecule has 36 heavy (non-hydrogen) atoms. The van der Waals surface area contributed by atoms with Crippen LogP contribution in [0.4, 0.5) is 5.69 Å². The first-order valence-electron chi connectivity index (χ1n) is 12.9. The Morgan fingerprint density at radius 3 is 1.69 bits per heavy atom. The lowest BCUT2D eigenvalue weighted by Gasteiger charge is -2.25. The molecule has 0 spiro atoms. The summed E-state index contributed by atoms with van der Waals surface area (Å²) in [6.45, 7) is 3.94. The molecule has 2 N–H and O–H groups in total. The van der Waals surface area contributed by atoms with Gasteiger partial charge in [-0.05, 0) is 58.7 Å². The zero-order valence-electron chi connectivity index (χ0n) is 21.1. The molecule has 0 aliphatic rings. The fourth-order valence-corrected chi connectivity index (χ4v) is 4.89. The summed E-state index contributed by atoms with van der Waals surface area (Å²) in [7, 11) is 0. The molecule has 3 nitrogen and oxygen atoms in total. The van der Waals surface area contributed by atoms with Crippen LogP contribution in [-0.4, -0.2) is 30.0 Å². The average Bonchev–Trinajstić information content (AvgIpc) is 2.93. The lowest BCUT2D eigenvalue weighted by atomic mass is 9.87. The third kappa shape index (κ3) is 6.84. The Hall–Kier alpha value is -3.40. The number of anilines is 1. The predicted molar refractivity (Wildman–Crippen MR) is 150 cm³/mol. The molecule has 3 heteroatoms. The number of rotatable bonds is 12. The van der Waals surface area contributed by atoms with Gasteiger partial charge in [0.25, 0.3) is 0 Å². The van der Waals surface area contributed by atoms with E-state index in [9.17, 15) is 10.2 Å². The Kier molecular flexibility index (Phi) is 9.32. The molecule has 0 aliphatic carbocycles. The summed E-state index contributed by atoms with van der Waals surface area (Å²) in [5.74, 6) is 0.585. The van der Waals surface area contributed by atoms with Crippen molar-refractivity contribution in [3.05, 3.63) is 137 Å². The van der Waals surface area contributed by atoms with Crippen LogP contribution in [0.2, 0.25) is 0 Å². The largest absolute Gasteiger partial charge is 0.396 e. The molecule has 0 bridgehead atoms. The Balaban J connectivity index is 1.45. The van der Waals surface area contributed by atoms with Crippen LogP contribution in [0.25, 0.3) is 0 Å². The molecule has 0 saturated carbocycles. The fraction of sp³-hybridized carbons (Fsp3) is 0.273. The van der Waals surface area contributed by atoms with Crippen LogP contribution >= 0.6 is 0 Å². The van der Waals surface area contributed by atoms with Crippen molar-refractivity contribution in [2.45, 2.75) is 38.1 Å². The van der Waals surface area contributed by atoms with Gasteiger partial charge in [0.1, 0.15) is 0 Å². The van der Waals surface area contributed by atoms with Gasteiger partial charge in [-0.1, -0.05) is 104 Å². The number of nitrogens with zero attached hydrogens (tertiary/aromatic N) is 1. The summed E-state index contributed by atoms with van der Waals surface area (Å²) in [5, 5.41) is 19.2. The third-order valence-corrected chi connectivity index (χ3v) is 7.05. The van der Waals surface area contributed by atoms with Crippen LogP contribution in [0, 0.1) is 0 Å². The second kappa shape index (κ2) is 13.1. The SMILES string of the molecule is CC(c1ccc(C(CCO)Cc2ccccc2)cc1)c1ccc(N(CCO)Cc2ccccc2)cc1. The van der Waals surface area contributed by atoms with E-state index in [2.05, 4.69) is 109 Å². The lowest BCUT2D eigenvalue weighted by Crippen LogP contribution is -2.26. The number of aliphatic hydroxyl groups is 2. The van der Waals surface area contributed by atoms with Crippen molar-refractivity contribution in [2.24, 2.45) is 0 Å². The summed E-state index contributed by atoms with van der Waals surface area (Å²) in [5.41, 5.74) is 7.48. The van der Waals surface area contributed by atoms with E-state index in [0.717, 1.165) is 25.1 Å². The van der Waals surface area contributed by atoms with Crippen molar-refractivity contribution in [2.75, 3.05) is 24.7 Å². The monoisotopic (exact) mass is 479 g/mol. The molecule has 4 rings (SSSR count). The molecule has 4 aromatic rings. The fourth-order valence-electron chi connectivity index (χ4n) is 4.89.